The largest absolute Gasteiger partial charge is 0.300 e. The van der Waals surface area contributed by atoms with Gasteiger partial charge in [0.05, 0.1) is 11.8 Å². The first-order chi connectivity index (χ1) is 16.2. The monoisotopic (exact) mass is 441 g/mol. The summed E-state index contributed by atoms with van der Waals surface area (Å²) in [6.07, 6.45) is 3.87. The minimum atomic E-state index is -0.0581. The van der Waals surface area contributed by atoms with Crippen LogP contribution in [-0.2, 0) is 4.79 Å². The zero-order chi connectivity index (χ0) is 22.9. The van der Waals surface area contributed by atoms with Gasteiger partial charge in [-0.05, 0) is 30.2 Å². The van der Waals surface area contributed by atoms with Crippen LogP contribution in [-0.4, -0.2) is 59.1 Å². The van der Waals surface area contributed by atoms with Gasteiger partial charge in [-0.25, -0.2) is 5.43 Å². The second kappa shape index (κ2) is 11.5. The van der Waals surface area contributed by atoms with E-state index in [9.17, 15) is 4.79 Å². The van der Waals surface area contributed by atoms with E-state index in [0.29, 0.717) is 6.42 Å². The molecule has 1 aromatic heterocycles. The fraction of sp³-hybridized carbons (Fsp3) is 0.296. The third kappa shape index (κ3) is 6.34. The summed E-state index contributed by atoms with van der Waals surface area (Å²) in [4.78, 5) is 21.2. The predicted molar refractivity (Wildman–Crippen MR) is 132 cm³/mol. The Balaban J connectivity index is 1.29. The van der Waals surface area contributed by atoms with Gasteiger partial charge in [-0.1, -0.05) is 60.7 Å². The van der Waals surface area contributed by atoms with E-state index in [-0.39, 0.29) is 11.9 Å². The maximum absolute atomic E-state index is 12.3. The molecule has 4 rings (SSSR count). The number of nitrogens with zero attached hydrogens (tertiary/aromatic N) is 4. The van der Waals surface area contributed by atoms with Crippen molar-refractivity contribution in [2.24, 2.45) is 5.10 Å². The van der Waals surface area contributed by atoms with Crippen molar-refractivity contribution in [3.63, 3.8) is 0 Å². The van der Waals surface area contributed by atoms with Gasteiger partial charge in [0.15, 0.2) is 0 Å². The number of pyridine rings is 1. The van der Waals surface area contributed by atoms with E-state index in [0.717, 1.165) is 44.0 Å². The molecule has 33 heavy (non-hydrogen) atoms. The van der Waals surface area contributed by atoms with Gasteiger partial charge >= 0.3 is 0 Å². The molecule has 2 aromatic carbocycles. The van der Waals surface area contributed by atoms with Crippen molar-refractivity contribution in [1.29, 1.82) is 0 Å². The lowest BCUT2D eigenvalue weighted by Gasteiger charge is -2.39. The lowest BCUT2D eigenvalue weighted by Crippen LogP contribution is -2.48. The average molecular weight is 442 g/mol. The van der Waals surface area contributed by atoms with Gasteiger partial charge in [0.2, 0.25) is 5.91 Å². The molecule has 170 valence electrons. The molecule has 6 heteroatoms. The number of carbonyl (C=O) groups is 1. The topological polar surface area (TPSA) is 60.8 Å². The molecule has 1 aliphatic rings. The molecule has 0 atom stereocenters. The van der Waals surface area contributed by atoms with Gasteiger partial charge < -0.3 is 4.90 Å². The Morgan fingerprint density at radius 3 is 2.06 bits per heavy atom. The second-order valence-corrected chi connectivity index (χ2v) is 8.32. The second-order valence-electron chi connectivity index (χ2n) is 8.32. The number of benzene rings is 2. The van der Waals surface area contributed by atoms with Crippen LogP contribution < -0.4 is 5.43 Å². The lowest BCUT2D eigenvalue weighted by molar-refractivity contribution is -0.121. The van der Waals surface area contributed by atoms with Gasteiger partial charge in [0.25, 0.3) is 0 Å². The van der Waals surface area contributed by atoms with E-state index < -0.39 is 0 Å². The summed E-state index contributed by atoms with van der Waals surface area (Å²) < 4.78 is 0. The minimum Gasteiger partial charge on any atom is -0.300 e. The van der Waals surface area contributed by atoms with Gasteiger partial charge in [-0.15, -0.1) is 0 Å². The standard InChI is InChI=1S/C27H31N5O/c1-22(23-12-15-28-16-13-23)29-30-26(33)14-17-31-18-20-32(21-19-31)27(24-8-4-2-5-9-24)25-10-6-3-7-11-25/h2-13,15-16,27H,14,17-21H2,1H3,(H,30,33)/b29-22+. The number of aromatic nitrogens is 1. The summed E-state index contributed by atoms with van der Waals surface area (Å²) in [7, 11) is 0. The number of piperazine rings is 1. The predicted octanol–water partition coefficient (Wildman–Crippen LogP) is 3.72. The Morgan fingerprint density at radius 1 is 0.909 bits per heavy atom. The van der Waals surface area contributed by atoms with Gasteiger partial charge in [0.1, 0.15) is 0 Å². The van der Waals surface area contributed by atoms with Crippen LogP contribution in [0.3, 0.4) is 0 Å². The Hall–Kier alpha value is -3.35. The van der Waals surface area contributed by atoms with Crippen molar-refractivity contribution in [2.75, 3.05) is 32.7 Å². The normalized spacial score (nSPS) is 15.5. The smallest absolute Gasteiger partial charge is 0.241 e. The van der Waals surface area contributed by atoms with Crippen LogP contribution in [0.1, 0.15) is 36.1 Å². The molecule has 2 heterocycles. The number of hydrogen-bond donors (Lipinski definition) is 1. The van der Waals surface area contributed by atoms with Crippen molar-refractivity contribution < 1.29 is 4.79 Å². The molecule has 0 saturated carbocycles. The molecule has 3 aromatic rings. The zero-order valence-corrected chi connectivity index (χ0v) is 19.1. The van der Waals surface area contributed by atoms with Crippen molar-refractivity contribution in [3.05, 3.63) is 102 Å². The summed E-state index contributed by atoms with van der Waals surface area (Å²) in [5.41, 5.74) is 7.04. The van der Waals surface area contributed by atoms with Gasteiger partial charge in [-0.2, -0.15) is 5.10 Å². The summed E-state index contributed by atoms with van der Waals surface area (Å²) in [5, 5.41) is 4.22. The number of nitrogens with one attached hydrogen (secondary N) is 1. The van der Waals surface area contributed by atoms with Crippen LogP contribution in [0.5, 0.6) is 0 Å². The van der Waals surface area contributed by atoms with E-state index in [1.54, 1.807) is 12.4 Å². The van der Waals surface area contributed by atoms with Crippen LogP contribution in [0.4, 0.5) is 0 Å². The van der Waals surface area contributed by atoms with Crippen LogP contribution in [0.2, 0.25) is 0 Å². The fourth-order valence-electron chi connectivity index (χ4n) is 4.25. The molecule has 6 nitrogen and oxygen atoms in total. The highest BCUT2D eigenvalue weighted by Gasteiger charge is 2.26. The highest BCUT2D eigenvalue weighted by Crippen LogP contribution is 2.29. The van der Waals surface area contributed by atoms with E-state index in [4.69, 9.17) is 0 Å². The molecule has 1 N–H and O–H groups in total. The Morgan fingerprint density at radius 2 is 1.48 bits per heavy atom. The Kier molecular flexibility index (Phi) is 7.95. The molecular formula is C27H31N5O. The molecule has 0 aliphatic carbocycles. The van der Waals surface area contributed by atoms with Gasteiger partial charge in [0, 0.05) is 57.1 Å². The van der Waals surface area contributed by atoms with Crippen LogP contribution in [0, 0.1) is 0 Å². The van der Waals surface area contributed by atoms with Crippen molar-refractivity contribution in [1.82, 2.24) is 20.2 Å². The maximum atomic E-state index is 12.3. The zero-order valence-electron chi connectivity index (χ0n) is 19.1. The van der Waals surface area contributed by atoms with E-state index in [1.807, 2.05) is 19.1 Å². The maximum Gasteiger partial charge on any atom is 0.241 e. The van der Waals surface area contributed by atoms with E-state index in [2.05, 4.69) is 86.0 Å². The van der Waals surface area contributed by atoms with E-state index >= 15 is 0 Å². The molecule has 0 radical (unpaired) electrons. The SMILES string of the molecule is C/C(=N\NC(=O)CCN1CCN(C(c2ccccc2)c2ccccc2)CC1)c1ccncc1. The molecular weight excluding hydrogens is 410 g/mol. The van der Waals surface area contributed by atoms with Crippen LogP contribution in [0.25, 0.3) is 0 Å². The van der Waals surface area contributed by atoms with Crippen molar-refractivity contribution in [3.8, 4) is 0 Å². The number of hydrogen-bond acceptors (Lipinski definition) is 5. The summed E-state index contributed by atoms with van der Waals surface area (Å²) in [6.45, 7) is 6.45. The first-order valence-corrected chi connectivity index (χ1v) is 11.5. The number of hydrazone groups is 1. The minimum absolute atomic E-state index is 0.0581. The highest BCUT2D eigenvalue weighted by molar-refractivity contribution is 5.99. The van der Waals surface area contributed by atoms with E-state index in [1.165, 1.54) is 11.1 Å². The highest BCUT2D eigenvalue weighted by atomic mass is 16.2. The number of amides is 1. The third-order valence-electron chi connectivity index (χ3n) is 6.10. The molecule has 0 spiro atoms. The Labute approximate surface area is 196 Å². The quantitative estimate of drug-likeness (QED) is 0.428. The summed E-state index contributed by atoms with van der Waals surface area (Å²) in [6, 6.07) is 25.4. The summed E-state index contributed by atoms with van der Waals surface area (Å²) >= 11 is 0. The first kappa shape index (κ1) is 22.8. The summed E-state index contributed by atoms with van der Waals surface area (Å²) in [5.74, 6) is -0.0581. The average Bonchev–Trinajstić information content (AvgIpc) is 2.89. The van der Waals surface area contributed by atoms with Crippen LogP contribution >= 0.6 is 0 Å². The first-order valence-electron chi connectivity index (χ1n) is 11.5. The molecule has 1 amide bonds. The molecule has 1 saturated heterocycles. The van der Waals surface area contributed by atoms with Crippen LogP contribution in [0.15, 0.2) is 90.3 Å². The molecule has 0 unspecified atom stereocenters. The fourth-order valence-corrected chi connectivity index (χ4v) is 4.25. The molecule has 1 fully saturated rings. The van der Waals surface area contributed by atoms with Gasteiger partial charge in [-0.3, -0.25) is 14.7 Å². The molecule has 1 aliphatic heterocycles. The third-order valence-corrected chi connectivity index (χ3v) is 6.10. The molecule has 0 bridgehead atoms. The lowest BCUT2D eigenvalue weighted by atomic mass is 9.96. The number of carbonyl (C=O) groups excluding carboxylic acids is 1. The van der Waals surface area contributed by atoms with Crippen molar-refractivity contribution >= 4 is 11.6 Å². The Bertz CT molecular complexity index is 992. The number of rotatable bonds is 8. The van der Waals surface area contributed by atoms with Crippen molar-refractivity contribution in [2.45, 2.75) is 19.4 Å².